The highest BCUT2D eigenvalue weighted by Gasteiger charge is 2.34. The zero-order valence-corrected chi connectivity index (χ0v) is 17.5. The molecule has 1 aliphatic rings. The van der Waals surface area contributed by atoms with Crippen molar-refractivity contribution < 1.29 is 14.2 Å². The average molecular weight is 378 g/mol. The van der Waals surface area contributed by atoms with Crippen molar-refractivity contribution in [2.24, 2.45) is 10.4 Å². The number of hydrogen-bond acceptors (Lipinski definition) is 4. The van der Waals surface area contributed by atoms with Gasteiger partial charge < -0.3 is 24.8 Å². The molecule has 0 unspecified atom stereocenters. The SMILES string of the molecule is CCNC(=NCc1cc(OC)c(OCC)c(OC)c1)NCC1(CC)CCC1. The van der Waals surface area contributed by atoms with Crippen LogP contribution in [0.1, 0.15) is 52.0 Å². The van der Waals surface area contributed by atoms with Crippen LogP contribution in [0.3, 0.4) is 0 Å². The van der Waals surface area contributed by atoms with Gasteiger partial charge in [-0.1, -0.05) is 13.3 Å². The van der Waals surface area contributed by atoms with Gasteiger partial charge in [0.05, 0.1) is 27.4 Å². The number of methoxy groups -OCH3 is 2. The number of guanidine groups is 1. The van der Waals surface area contributed by atoms with Gasteiger partial charge in [-0.2, -0.15) is 0 Å². The van der Waals surface area contributed by atoms with Crippen molar-refractivity contribution in [3.05, 3.63) is 17.7 Å². The fraction of sp³-hybridized carbons (Fsp3) is 0.667. The second kappa shape index (κ2) is 10.3. The summed E-state index contributed by atoms with van der Waals surface area (Å²) in [4.78, 5) is 4.75. The van der Waals surface area contributed by atoms with Gasteiger partial charge in [0.2, 0.25) is 5.75 Å². The lowest BCUT2D eigenvalue weighted by Gasteiger charge is -2.41. The molecule has 1 aromatic carbocycles. The van der Waals surface area contributed by atoms with E-state index >= 15 is 0 Å². The lowest BCUT2D eigenvalue weighted by molar-refractivity contribution is 0.131. The third-order valence-electron chi connectivity index (χ3n) is 5.37. The van der Waals surface area contributed by atoms with E-state index in [4.69, 9.17) is 19.2 Å². The molecule has 6 nitrogen and oxygen atoms in total. The maximum atomic E-state index is 5.67. The van der Waals surface area contributed by atoms with Crippen LogP contribution >= 0.6 is 0 Å². The highest BCUT2D eigenvalue weighted by Crippen LogP contribution is 2.43. The highest BCUT2D eigenvalue weighted by atomic mass is 16.5. The van der Waals surface area contributed by atoms with Gasteiger partial charge in [-0.05, 0) is 56.2 Å². The van der Waals surface area contributed by atoms with Gasteiger partial charge in [0.15, 0.2) is 17.5 Å². The van der Waals surface area contributed by atoms with E-state index in [2.05, 4.69) is 24.5 Å². The van der Waals surface area contributed by atoms with Gasteiger partial charge in [-0.25, -0.2) is 4.99 Å². The Morgan fingerprint density at radius 3 is 2.19 bits per heavy atom. The molecule has 0 heterocycles. The van der Waals surface area contributed by atoms with E-state index in [0.717, 1.165) is 24.6 Å². The first-order chi connectivity index (χ1) is 13.1. The van der Waals surface area contributed by atoms with Crippen LogP contribution < -0.4 is 24.8 Å². The fourth-order valence-corrected chi connectivity index (χ4v) is 3.43. The predicted molar refractivity (Wildman–Crippen MR) is 110 cm³/mol. The van der Waals surface area contributed by atoms with Gasteiger partial charge in [0.1, 0.15) is 0 Å². The molecule has 2 N–H and O–H groups in total. The van der Waals surface area contributed by atoms with Crippen molar-refractivity contribution in [3.8, 4) is 17.2 Å². The largest absolute Gasteiger partial charge is 0.493 e. The average Bonchev–Trinajstić information content (AvgIpc) is 2.66. The molecule has 0 aliphatic heterocycles. The summed E-state index contributed by atoms with van der Waals surface area (Å²) in [5.41, 5.74) is 1.46. The van der Waals surface area contributed by atoms with Crippen LogP contribution in [0.4, 0.5) is 0 Å². The molecular formula is C21H35N3O3. The topological polar surface area (TPSA) is 64.1 Å². The normalized spacial score (nSPS) is 15.7. The summed E-state index contributed by atoms with van der Waals surface area (Å²) in [5, 5.41) is 6.86. The van der Waals surface area contributed by atoms with Crippen LogP contribution in [0.2, 0.25) is 0 Å². The van der Waals surface area contributed by atoms with Gasteiger partial charge in [0, 0.05) is 13.1 Å². The van der Waals surface area contributed by atoms with Crippen molar-refractivity contribution in [1.29, 1.82) is 0 Å². The van der Waals surface area contributed by atoms with Gasteiger partial charge in [-0.15, -0.1) is 0 Å². The van der Waals surface area contributed by atoms with E-state index in [1.165, 1.54) is 25.7 Å². The van der Waals surface area contributed by atoms with E-state index in [-0.39, 0.29) is 0 Å². The zero-order valence-electron chi connectivity index (χ0n) is 17.5. The van der Waals surface area contributed by atoms with E-state index < -0.39 is 0 Å². The number of nitrogens with zero attached hydrogens (tertiary/aromatic N) is 1. The van der Waals surface area contributed by atoms with Gasteiger partial charge in [-0.3, -0.25) is 0 Å². The summed E-state index contributed by atoms with van der Waals surface area (Å²) in [5.74, 6) is 2.82. The molecule has 152 valence electrons. The molecule has 1 saturated carbocycles. The monoisotopic (exact) mass is 377 g/mol. The van der Waals surface area contributed by atoms with Crippen molar-refractivity contribution >= 4 is 5.96 Å². The molecular weight excluding hydrogens is 342 g/mol. The molecule has 0 radical (unpaired) electrons. The minimum Gasteiger partial charge on any atom is -0.493 e. The molecule has 1 fully saturated rings. The predicted octanol–water partition coefficient (Wildman–Crippen LogP) is 3.74. The Balaban J connectivity index is 2.11. The van der Waals surface area contributed by atoms with E-state index in [0.29, 0.717) is 35.8 Å². The molecule has 6 heteroatoms. The minimum absolute atomic E-state index is 0.446. The molecule has 1 aliphatic carbocycles. The molecule has 0 aromatic heterocycles. The maximum Gasteiger partial charge on any atom is 0.203 e. The summed E-state index contributed by atoms with van der Waals surface area (Å²) in [6.45, 7) is 9.21. The smallest absolute Gasteiger partial charge is 0.203 e. The van der Waals surface area contributed by atoms with Gasteiger partial charge >= 0.3 is 0 Å². The first-order valence-electron chi connectivity index (χ1n) is 10.0. The maximum absolute atomic E-state index is 5.67. The van der Waals surface area contributed by atoms with E-state index in [1.807, 2.05) is 19.1 Å². The Morgan fingerprint density at radius 2 is 1.74 bits per heavy atom. The highest BCUT2D eigenvalue weighted by molar-refractivity contribution is 5.79. The second-order valence-electron chi connectivity index (χ2n) is 7.02. The quantitative estimate of drug-likeness (QED) is 0.480. The van der Waals surface area contributed by atoms with E-state index in [9.17, 15) is 0 Å². The Labute approximate surface area is 163 Å². The number of rotatable bonds is 10. The number of hydrogen-bond donors (Lipinski definition) is 2. The lowest BCUT2D eigenvalue weighted by atomic mass is 9.67. The Hall–Kier alpha value is -2.11. The Kier molecular flexibility index (Phi) is 8.07. The Morgan fingerprint density at radius 1 is 1.07 bits per heavy atom. The first kappa shape index (κ1) is 21.2. The summed E-state index contributed by atoms with van der Waals surface area (Å²) in [6.07, 6.45) is 5.17. The van der Waals surface area contributed by atoms with Crippen LogP contribution in [0, 0.1) is 5.41 Å². The molecule has 2 rings (SSSR count). The fourth-order valence-electron chi connectivity index (χ4n) is 3.43. The van der Waals surface area contributed by atoms with Crippen molar-refractivity contribution in [2.75, 3.05) is 33.9 Å². The summed E-state index contributed by atoms with van der Waals surface area (Å²) >= 11 is 0. The number of benzene rings is 1. The summed E-state index contributed by atoms with van der Waals surface area (Å²) in [7, 11) is 3.28. The molecule has 1 aromatic rings. The van der Waals surface area contributed by atoms with Crippen LogP contribution in [-0.4, -0.2) is 39.9 Å². The molecule has 0 atom stereocenters. The van der Waals surface area contributed by atoms with Crippen molar-refractivity contribution in [2.45, 2.75) is 53.0 Å². The molecule has 0 bridgehead atoms. The van der Waals surface area contributed by atoms with Crippen LogP contribution in [0.25, 0.3) is 0 Å². The second-order valence-corrected chi connectivity index (χ2v) is 7.02. The molecule has 27 heavy (non-hydrogen) atoms. The van der Waals surface area contributed by atoms with Crippen LogP contribution in [-0.2, 0) is 6.54 Å². The van der Waals surface area contributed by atoms with Crippen LogP contribution in [0.15, 0.2) is 17.1 Å². The van der Waals surface area contributed by atoms with Crippen LogP contribution in [0.5, 0.6) is 17.2 Å². The first-order valence-corrected chi connectivity index (χ1v) is 10.0. The number of ether oxygens (including phenoxy) is 3. The lowest BCUT2D eigenvalue weighted by Crippen LogP contribution is -2.46. The van der Waals surface area contributed by atoms with Crippen molar-refractivity contribution in [3.63, 3.8) is 0 Å². The summed E-state index contributed by atoms with van der Waals surface area (Å²) < 4.78 is 16.6. The zero-order chi connectivity index (χ0) is 19.7. The molecule has 0 spiro atoms. The number of aliphatic imine (C=N–C) groups is 1. The number of nitrogens with one attached hydrogen (secondary N) is 2. The van der Waals surface area contributed by atoms with Crippen molar-refractivity contribution in [1.82, 2.24) is 10.6 Å². The molecule has 0 amide bonds. The minimum atomic E-state index is 0.446. The standard InChI is InChI=1S/C21H35N3O3/c1-6-21(10-9-11-21)15-24-20(22-7-2)23-14-16-12-17(25-4)19(27-8-3)18(13-16)26-5/h12-13H,6-11,14-15H2,1-5H3,(H2,22,23,24). The van der Waals surface area contributed by atoms with Gasteiger partial charge in [0.25, 0.3) is 0 Å². The summed E-state index contributed by atoms with van der Waals surface area (Å²) in [6, 6.07) is 3.92. The third-order valence-corrected chi connectivity index (χ3v) is 5.37. The third kappa shape index (κ3) is 5.44. The van der Waals surface area contributed by atoms with E-state index in [1.54, 1.807) is 14.2 Å². The Bertz CT molecular complexity index is 597. The molecule has 0 saturated heterocycles.